The number of thiazole rings is 1. The zero-order valence-corrected chi connectivity index (χ0v) is 22.3. The van der Waals surface area contributed by atoms with Gasteiger partial charge in [0.1, 0.15) is 9.88 Å². The van der Waals surface area contributed by atoms with E-state index in [0.717, 1.165) is 23.7 Å². The Hall–Kier alpha value is -1.72. The highest BCUT2D eigenvalue weighted by Gasteiger charge is 2.20. The highest BCUT2D eigenvalue weighted by Crippen LogP contribution is 2.24. The first-order valence-electron chi connectivity index (χ1n) is 10.3. The van der Waals surface area contributed by atoms with Crippen LogP contribution < -0.4 is 10.6 Å². The zero-order chi connectivity index (χ0) is 22.1. The molecule has 7 nitrogen and oxygen atoms in total. The standard InChI is InChI=1S/C22H33N5O2S.HI/c1-7-23-22(24-13-17-10-9-11-18(12-17)14-27(5)6)26-16(4)20-25-15(3)19(30-20)21(28)29-8-2;/h9-12,16H,7-8,13-14H2,1-6H3,(H2,23,24,26);1H. The summed E-state index contributed by atoms with van der Waals surface area (Å²) in [7, 11) is 4.13. The molecule has 2 N–H and O–H groups in total. The Morgan fingerprint density at radius 2 is 2.00 bits per heavy atom. The van der Waals surface area contributed by atoms with E-state index in [1.807, 2.05) is 20.8 Å². The second-order valence-electron chi connectivity index (χ2n) is 7.31. The molecule has 1 aromatic carbocycles. The van der Waals surface area contributed by atoms with Crippen molar-refractivity contribution < 1.29 is 9.53 Å². The van der Waals surface area contributed by atoms with Crippen LogP contribution in [0, 0.1) is 6.92 Å². The molecule has 0 amide bonds. The number of guanidine groups is 1. The maximum Gasteiger partial charge on any atom is 0.350 e. The first-order valence-corrected chi connectivity index (χ1v) is 11.1. The molecule has 0 saturated carbocycles. The number of hydrogen-bond donors (Lipinski definition) is 2. The third kappa shape index (κ3) is 8.74. The van der Waals surface area contributed by atoms with Crippen LogP contribution in [0.5, 0.6) is 0 Å². The molecular formula is C22H34IN5O2S. The Kier molecular flexibility index (Phi) is 12.0. The summed E-state index contributed by atoms with van der Waals surface area (Å²) in [6, 6.07) is 8.39. The first kappa shape index (κ1) is 27.3. The summed E-state index contributed by atoms with van der Waals surface area (Å²) in [6.07, 6.45) is 0. The number of esters is 1. The molecule has 1 unspecified atom stereocenters. The molecule has 0 bridgehead atoms. The highest BCUT2D eigenvalue weighted by molar-refractivity contribution is 14.0. The van der Waals surface area contributed by atoms with Crippen molar-refractivity contribution in [2.75, 3.05) is 27.2 Å². The van der Waals surface area contributed by atoms with Crippen LogP contribution in [-0.2, 0) is 17.8 Å². The zero-order valence-electron chi connectivity index (χ0n) is 19.2. The summed E-state index contributed by atoms with van der Waals surface area (Å²) in [4.78, 5) is 24.1. The number of aromatic nitrogens is 1. The van der Waals surface area contributed by atoms with Gasteiger partial charge in [-0.3, -0.25) is 0 Å². The normalized spacial score (nSPS) is 12.3. The van der Waals surface area contributed by atoms with Crippen LogP contribution in [0.2, 0.25) is 0 Å². The van der Waals surface area contributed by atoms with E-state index in [0.29, 0.717) is 29.7 Å². The minimum absolute atomic E-state index is 0. The van der Waals surface area contributed by atoms with E-state index in [1.165, 1.54) is 16.9 Å². The fraction of sp³-hybridized carbons (Fsp3) is 0.500. The van der Waals surface area contributed by atoms with Crippen molar-refractivity contribution in [2.45, 2.75) is 46.8 Å². The number of nitrogens with zero attached hydrogens (tertiary/aromatic N) is 3. The van der Waals surface area contributed by atoms with Gasteiger partial charge in [0.15, 0.2) is 5.96 Å². The lowest BCUT2D eigenvalue weighted by atomic mass is 10.1. The Labute approximate surface area is 206 Å². The van der Waals surface area contributed by atoms with Gasteiger partial charge >= 0.3 is 5.97 Å². The van der Waals surface area contributed by atoms with Gasteiger partial charge in [0.2, 0.25) is 0 Å². The van der Waals surface area contributed by atoms with Gasteiger partial charge in [-0.1, -0.05) is 24.3 Å². The topological polar surface area (TPSA) is 78.9 Å². The van der Waals surface area contributed by atoms with Crippen molar-refractivity contribution >= 4 is 47.2 Å². The minimum Gasteiger partial charge on any atom is -0.462 e. The van der Waals surface area contributed by atoms with Crippen LogP contribution in [-0.4, -0.2) is 49.1 Å². The fourth-order valence-electron chi connectivity index (χ4n) is 2.94. The van der Waals surface area contributed by atoms with Crippen LogP contribution in [0.25, 0.3) is 0 Å². The van der Waals surface area contributed by atoms with Gasteiger partial charge in [0.25, 0.3) is 0 Å². The predicted octanol–water partition coefficient (Wildman–Crippen LogP) is 4.12. The van der Waals surface area contributed by atoms with E-state index in [4.69, 9.17) is 9.73 Å². The molecule has 2 rings (SSSR count). The molecule has 172 valence electrons. The molecule has 0 fully saturated rings. The number of benzene rings is 1. The molecule has 1 atom stereocenters. The Morgan fingerprint density at radius 1 is 1.29 bits per heavy atom. The van der Waals surface area contributed by atoms with Gasteiger partial charge in [-0.2, -0.15) is 0 Å². The van der Waals surface area contributed by atoms with Gasteiger partial charge in [0, 0.05) is 13.1 Å². The molecule has 0 aliphatic heterocycles. The molecule has 2 aromatic rings. The third-order valence-corrected chi connectivity index (χ3v) is 5.57. The van der Waals surface area contributed by atoms with E-state index < -0.39 is 0 Å². The summed E-state index contributed by atoms with van der Waals surface area (Å²) in [5, 5.41) is 7.50. The molecule has 0 spiro atoms. The average Bonchev–Trinajstić information content (AvgIpc) is 3.08. The summed E-state index contributed by atoms with van der Waals surface area (Å²) in [5.41, 5.74) is 3.12. The van der Waals surface area contributed by atoms with Crippen molar-refractivity contribution in [1.82, 2.24) is 20.5 Å². The molecule has 31 heavy (non-hydrogen) atoms. The maximum atomic E-state index is 12.1. The first-order chi connectivity index (χ1) is 14.3. The molecular weight excluding hydrogens is 525 g/mol. The molecule has 1 heterocycles. The monoisotopic (exact) mass is 559 g/mol. The van der Waals surface area contributed by atoms with Gasteiger partial charge in [-0.15, -0.1) is 35.3 Å². The van der Waals surface area contributed by atoms with Crippen molar-refractivity contribution in [3.05, 3.63) is 51.0 Å². The van der Waals surface area contributed by atoms with Crippen molar-refractivity contribution in [3.8, 4) is 0 Å². The number of rotatable bonds is 9. The van der Waals surface area contributed by atoms with Crippen molar-refractivity contribution in [2.24, 2.45) is 4.99 Å². The van der Waals surface area contributed by atoms with Crippen LogP contribution >= 0.6 is 35.3 Å². The van der Waals surface area contributed by atoms with Crippen LogP contribution in [0.15, 0.2) is 29.3 Å². The Balaban J connectivity index is 0.00000480. The largest absolute Gasteiger partial charge is 0.462 e. The van der Waals surface area contributed by atoms with Crippen LogP contribution in [0.3, 0.4) is 0 Å². The van der Waals surface area contributed by atoms with Gasteiger partial charge < -0.3 is 20.3 Å². The number of carbonyl (C=O) groups excluding carboxylic acids is 1. The summed E-state index contributed by atoms with van der Waals surface area (Å²) in [5.74, 6) is 0.401. The quantitative estimate of drug-likeness (QED) is 0.208. The van der Waals surface area contributed by atoms with Crippen LogP contribution in [0.4, 0.5) is 0 Å². The second kappa shape index (κ2) is 13.6. The summed E-state index contributed by atoms with van der Waals surface area (Å²) < 4.78 is 5.11. The molecule has 0 radical (unpaired) electrons. The number of carbonyl (C=O) groups is 1. The molecule has 1 aromatic heterocycles. The van der Waals surface area contributed by atoms with E-state index >= 15 is 0 Å². The van der Waals surface area contributed by atoms with E-state index in [-0.39, 0.29) is 36.0 Å². The summed E-state index contributed by atoms with van der Waals surface area (Å²) >= 11 is 1.36. The number of halogens is 1. The minimum atomic E-state index is -0.316. The lowest BCUT2D eigenvalue weighted by Gasteiger charge is -2.16. The average molecular weight is 560 g/mol. The highest BCUT2D eigenvalue weighted by atomic mass is 127. The molecule has 0 aliphatic rings. The lowest BCUT2D eigenvalue weighted by molar-refractivity contribution is 0.0531. The molecule has 0 saturated heterocycles. The number of nitrogens with one attached hydrogen (secondary N) is 2. The Bertz CT molecular complexity index is 869. The van der Waals surface area contributed by atoms with Gasteiger partial charge in [-0.25, -0.2) is 14.8 Å². The summed E-state index contributed by atoms with van der Waals surface area (Å²) in [6.45, 7) is 10.3. The van der Waals surface area contributed by atoms with Gasteiger partial charge in [0.05, 0.1) is 24.9 Å². The van der Waals surface area contributed by atoms with E-state index in [2.05, 4.69) is 58.9 Å². The van der Waals surface area contributed by atoms with Crippen molar-refractivity contribution in [3.63, 3.8) is 0 Å². The smallest absolute Gasteiger partial charge is 0.350 e. The molecule has 9 heteroatoms. The second-order valence-corrected chi connectivity index (χ2v) is 8.34. The number of hydrogen-bond acceptors (Lipinski definition) is 6. The number of ether oxygens (including phenoxy) is 1. The third-order valence-electron chi connectivity index (χ3n) is 4.25. The molecule has 0 aliphatic carbocycles. The maximum absolute atomic E-state index is 12.1. The number of aryl methyl sites for hydroxylation is 1. The van der Waals surface area contributed by atoms with E-state index in [9.17, 15) is 4.79 Å². The SMILES string of the molecule is CCNC(=NCc1cccc(CN(C)C)c1)NC(C)c1nc(C)c(C(=O)OCC)s1.I. The fourth-order valence-corrected chi connectivity index (χ4v) is 3.90. The Morgan fingerprint density at radius 3 is 2.65 bits per heavy atom. The van der Waals surface area contributed by atoms with Crippen molar-refractivity contribution in [1.29, 1.82) is 0 Å². The lowest BCUT2D eigenvalue weighted by Crippen LogP contribution is -2.38. The number of aliphatic imine (C=N–C) groups is 1. The predicted molar refractivity (Wildman–Crippen MR) is 138 cm³/mol. The van der Waals surface area contributed by atoms with E-state index in [1.54, 1.807) is 6.92 Å². The van der Waals surface area contributed by atoms with Crippen LogP contribution in [0.1, 0.15) is 58.3 Å². The van der Waals surface area contributed by atoms with Gasteiger partial charge in [-0.05, 0) is 52.9 Å².